The van der Waals surface area contributed by atoms with Gasteiger partial charge in [-0.05, 0) is 51.5 Å². The van der Waals surface area contributed by atoms with E-state index < -0.39 is 72.4 Å². The molecular weight excluding hydrogens is 483 g/mol. The average molecular weight is 514 g/mol. The summed E-state index contributed by atoms with van der Waals surface area (Å²) in [5.41, 5.74) is -5.03. The van der Waals surface area contributed by atoms with Crippen LogP contribution in [0.3, 0.4) is 0 Å². The summed E-state index contributed by atoms with van der Waals surface area (Å²) < 4.78 is 45.7. The first-order valence-electron chi connectivity index (χ1n) is 10.5. The highest BCUT2D eigenvalue weighted by atomic mass is 31.2. The Morgan fingerprint density at radius 1 is 0.853 bits per heavy atom. The van der Waals surface area contributed by atoms with E-state index in [0.717, 1.165) is 0 Å². The van der Waals surface area contributed by atoms with Crippen LogP contribution in [0, 0.1) is 25.4 Å². The molecule has 0 aromatic heterocycles. The van der Waals surface area contributed by atoms with Gasteiger partial charge in [-0.15, -0.1) is 0 Å². The van der Waals surface area contributed by atoms with E-state index in [4.69, 9.17) is 28.0 Å². The summed E-state index contributed by atoms with van der Waals surface area (Å²) in [6, 6.07) is 0. The van der Waals surface area contributed by atoms with Crippen molar-refractivity contribution in [2.75, 3.05) is 39.6 Å². The van der Waals surface area contributed by atoms with Crippen molar-refractivity contribution in [2.24, 2.45) is 5.11 Å². The van der Waals surface area contributed by atoms with Crippen LogP contribution in [-0.2, 0) is 32.6 Å². The fraction of sp³-hybridized carbons (Fsp3) is 1.00. The zero-order valence-corrected chi connectivity index (χ0v) is 20.8. The van der Waals surface area contributed by atoms with Crippen LogP contribution in [0.25, 0.3) is 0 Å². The van der Waals surface area contributed by atoms with Crippen molar-refractivity contribution in [3.05, 3.63) is 25.4 Å². The zero-order valence-electron chi connectivity index (χ0n) is 20.0. The molecule has 0 aliphatic carbocycles. The van der Waals surface area contributed by atoms with Crippen molar-refractivity contribution in [3.8, 4) is 0 Å². The van der Waals surface area contributed by atoms with Crippen LogP contribution in [0.5, 0.6) is 0 Å². The molecule has 34 heavy (non-hydrogen) atoms. The summed E-state index contributed by atoms with van der Waals surface area (Å²) in [7, 11) is -4.56. The lowest BCUT2D eigenvalue weighted by Crippen LogP contribution is -2.64. The van der Waals surface area contributed by atoms with E-state index in [1.165, 1.54) is 41.5 Å². The Bertz CT molecular complexity index is 833. The Labute approximate surface area is 195 Å². The largest absolute Gasteiger partial charge is 0.594 e. The minimum Gasteiger partial charge on any atom is -0.594 e. The molecular formula is C17H31N4O12P. The van der Waals surface area contributed by atoms with Gasteiger partial charge < -0.3 is 33.2 Å². The summed E-state index contributed by atoms with van der Waals surface area (Å²) in [5.74, 6) is -4.60. The summed E-state index contributed by atoms with van der Waals surface area (Å²) >= 11 is 0. The third kappa shape index (κ3) is 5.53. The number of hydrogen-bond acceptors (Lipinski definition) is 13. The Kier molecular flexibility index (Phi) is 8.40. The third-order valence-electron chi connectivity index (χ3n) is 5.31. The molecule has 2 rings (SSSR count). The van der Waals surface area contributed by atoms with Gasteiger partial charge in [0.2, 0.25) is 0 Å². The first-order chi connectivity index (χ1) is 15.6. The lowest BCUT2D eigenvalue weighted by molar-refractivity contribution is -0.828. The van der Waals surface area contributed by atoms with Gasteiger partial charge in [-0.3, -0.25) is 24.8 Å². The fourth-order valence-electron chi connectivity index (χ4n) is 3.19. The van der Waals surface area contributed by atoms with Gasteiger partial charge in [0.25, 0.3) is 5.78 Å². The fourth-order valence-corrected chi connectivity index (χ4v) is 5.32. The summed E-state index contributed by atoms with van der Waals surface area (Å²) in [4.78, 5) is 22.0. The Morgan fingerprint density at radius 2 is 1.26 bits per heavy atom. The number of nitrogens with zero attached hydrogens (tertiary/aromatic N) is 4. The molecule has 0 bridgehead atoms. The summed E-state index contributed by atoms with van der Waals surface area (Å²) in [5, 5.41) is 41.1. The smallest absolute Gasteiger partial charge is 0.483 e. The highest BCUT2D eigenvalue weighted by molar-refractivity contribution is 7.54. The molecule has 0 aromatic carbocycles. The van der Waals surface area contributed by atoms with E-state index in [1.807, 2.05) is 0 Å². The van der Waals surface area contributed by atoms with Crippen LogP contribution in [0.15, 0.2) is 5.11 Å². The summed E-state index contributed by atoms with van der Waals surface area (Å²) in [6.07, 6.45) is 0. The van der Waals surface area contributed by atoms with Gasteiger partial charge in [-0.25, -0.2) is 0 Å². The van der Waals surface area contributed by atoms with E-state index in [-0.39, 0.29) is 18.1 Å². The van der Waals surface area contributed by atoms with Gasteiger partial charge in [0.15, 0.2) is 24.8 Å². The highest BCUT2D eigenvalue weighted by Crippen LogP contribution is 2.58. The number of rotatable bonds is 10. The van der Waals surface area contributed by atoms with E-state index in [1.54, 1.807) is 0 Å². The molecule has 2 aliphatic rings. The Balaban J connectivity index is 2.68. The predicted molar refractivity (Wildman–Crippen MR) is 112 cm³/mol. The lowest BCUT2D eigenvalue weighted by atomic mass is 10.0. The van der Waals surface area contributed by atoms with Crippen LogP contribution < -0.4 is 0 Å². The van der Waals surface area contributed by atoms with Gasteiger partial charge >= 0.3 is 18.8 Å². The molecule has 0 spiro atoms. The average Bonchev–Trinajstić information content (AvgIpc) is 2.72. The number of ether oxygens (including phenoxy) is 4. The zero-order chi connectivity index (χ0) is 26.0. The Morgan fingerprint density at radius 3 is 1.62 bits per heavy atom. The van der Waals surface area contributed by atoms with Gasteiger partial charge in [-0.2, -0.15) is 0 Å². The highest BCUT2D eigenvalue weighted by Gasteiger charge is 2.68. The maximum atomic E-state index is 13.7. The van der Waals surface area contributed by atoms with E-state index in [9.17, 15) is 30.0 Å². The van der Waals surface area contributed by atoms with Crippen molar-refractivity contribution in [1.82, 2.24) is 0 Å². The van der Waals surface area contributed by atoms with Gasteiger partial charge in [0.05, 0.1) is 13.2 Å². The van der Waals surface area contributed by atoms with Crippen molar-refractivity contribution in [3.63, 3.8) is 0 Å². The van der Waals surface area contributed by atoms with Gasteiger partial charge in [0.1, 0.15) is 18.1 Å². The second-order valence-corrected chi connectivity index (χ2v) is 10.8. The third-order valence-corrected chi connectivity index (χ3v) is 7.73. The molecule has 2 aliphatic heterocycles. The maximum Gasteiger partial charge on any atom is 0.483 e. The van der Waals surface area contributed by atoms with Gasteiger partial charge in [-0.1, -0.05) is 0 Å². The first kappa shape index (κ1) is 28.4. The molecule has 0 amide bonds. The van der Waals surface area contributed by atoms with E-state index in [0.29, 0.717) is 0 Å². The molecule has 0 saturated carbocycles. The van der Waals surface area contributed by atoms with Crippen molar-refractivity contribution < 1.29 is 47.3 Å². The predicted octanol–water partition coefficient (Wildman–Crippen LogP) is 2.10. The number of azo groups is 1. The van der Waals surface area contributed by atoms with Gasteiger partial charge in [0, 0.05) is 4.92 Å². The molecule has 2 fully saturated rings. The molecule has 1 atom stereocenters. The second-order valence-electron chi connectivity index (χ2n) is 8.69. The van der Waals surface area contributed by atoms with E-state index >= 15 is 0 Å². The lowest BCUT2D eigenvalue weighted by Gasteiger charge is -2.40. The van der Waals surface area contributed by atoms with Crippen molar-refractivity contribution >= 4 is 7.60 Å². The summed E-state index contributed by atoms with van der Waals surface area (Å²) in [6.45, 7) is 5.57. The van der Waals surface area contributed by atoms with Crippen LogP contribution in [0.2, 0.25) is 0 Å². The molecule has 0 radical (unpaired) electrons. The Hall–Kier alpha value is -1.81. The van der Waals surface area contributed by atoms with Crippen LogP contribution in [0.1, 0.15) is 41.5 Å². The van der Waals surface area contributed by atoms with Crippen LogP contribution in [0.4, 0.5) is 0 Å². The monoisotopic (exact) mass is 514 g/mol. The van der Waals surface area contributed by atoms with Crippen molar-refractivity contribution in [2.45, 2.75) is 70.1 Å². The minimum absolute atomic E-state index is 0.218. The topological polar surface area (TPSA) is 197 Å². The second kappa shape index (κ2) is 10.0. The molecule has 17 heteroatoms. The number of nitro groups is 2. The minimum atomic E-state index is -4.56. The van der Waals surface area contributed by atoms with E-state index in [2.05, 4.69) is 5.11 Å². The van der Waals surface area contributed by atoms with Crippen molar-refractivity contribution in [1.29, 1.82) is 0 Å². The molecule has 196 valence electrons. The number of hydrogen-bond donors (Lipinski definition) is 0. The molecule has 2 saturated heterocycles. The molecule has 2 heterocycles. The standard InChI is InChI=1S/C17H31N4O12P/c1-7-32-34(27,33-8-2)13(16(20(23)24)9-28-14(3,4)29-10-16)18-19(22)17(21(25)26)11-30-15(5,6)31-12-17/h13H,7-12H2,1-6H3. The quantitative estimate of drug-likeness (QED) is 0.103. The SMILES string of the molecule is CCOP(=O)(OCC)C(N=[N+]([O-])C1([N+](=O)[O-])COC(C)(C)OC1)C1([N+](=O)[O-])COC(C)(C)OC1. The molecule has 16 nitrogen and oxygen atoms in total. The maximum absolute atomic E-state index is 13.7. The van der Waals surface area contributed by atoms with Crippen LogP contribution in [-0.4, -0.2) is 82.9 Å². The molecule has 1 unspecified atom stereocenters. The number of hydroxylamine groups is 1. The first-order valence-corrected chi connectivity index (χ1v) is 12.1. The molecule has 0 aromatic rings. The van der Waals surface area contributed by atoms with Crippen LogP contribution >= 0.6 is 7.60 Å². The molecule has 0 N–H and O–H groups in total. The normalized spacial score (nSPS) is 24.8.